The first kappa shape index (κ1) is 13.5. The van der Waals surface area contributed by atoms with E-state index in [0.29, 0.717) is 15.7 Å². The first-order chi connectivity index (χ1) is 9.67. The van der Waals surface area contributed by atoms with Gasteiger partial charge in [-0.25, -0.2) is 4.98 Å². The molecule has 0 unspecified atom stereocenters. The number of carbonyl (C=O) groups is 1. The first-order valence-corrected chi connectivity index (χ1v) is 7.75. The van der Waals surface area contributed by atoms with Gasteiger partial charge in [0.05, 0.1) is 18.0 Å². The summed E-state index contributed by atoms with van der Waals surface area (Å²) in [5.41, 5.74) is 0.263. The van der Waals surface area contributed by atoms with Crippen molar-refractivity contribution < 1.29 is 4.79 Å². The third-order valence-corrected chi connectivity index (χ3v) is 4.42. The maximum Gasteiger partial charge on any atom is 0.275 e. The van der Waals surface area contributed by atoms with Crippen molar-refractivity contribution in [2.45, 2.75) is 25.1 Å². The van der Waals surface area contributed by atoms with E-state index in [1.807, 2.05) is 4.90 Å². The van der Waals surface area contributed by atoms with Crippen LogP contribution in [-0.2, 0) is 17.1 Å². The molecule has 0 saturated carbocycles. The fourth-order valence-corrected chi connectivity index (χ4v) is 3.29. The highest BCUT2D eigenvalue weighted by Crippen LogP contribution is 2.15. The normalized spacial score (nSPS) is 15.2. The van der Waals surface area contributed by atoms with Crippen LogP contribution in [0.4, 0.5) is 0 Å². The van der Waals surface area contributed by atoms with Crippen molar-refractivity contribution in [2.75, 3.05) is 13.1 Å². The monoisotopic (exact) mass is 312 g/mol. The molecule has 0 N–H and O–H groups in total. The predicted molar refractivity (Wildman–Crippen MR) is 76.2 cm³/mol. The van der Waals surface area contributed by atoms with Crippen molar-refractivity contribution in [3.8, 4) is 0 Å². The Balaban J connectivity index is 1.87. The van der Waals surface area contributed by atoms with Gasteiger partial charge in [-0.15, -0.1) is 11.6 Å². The van der Waals surface area contributed by atoms with E-state index in [1.54, 1.807) is 0 Å². The second-order valence-electron chi connectivity index (χ2n) is 4.67. The van der Waals surface area contributed by atoms with Crippen LogP contribution in [0.1, 0.15) is 23.5 Å². The van der Waals surface area contributed by atoms with Crippen molar-refractivity contribution in [3.05, 3.63) is 27.1 Å². The zero-order valence-corrected chi connectivity index (χ0v) is 12.3. The van der Waals surface area contributed by atoms with Crippen LogP contribution in [0.2, 0.25) is 0 Å². The fraction of sp³-hybridized carbons (Fsp3) is 0.500. The minimum atomic E-state index is -0.262. The molecule has 1 aliphatic heterocycles. The van der Waals surface area contributed by atoms with E-state index < -0.39 is 0 Å². The number of rotatable bonds is 3. The number of aromatic nitrogens is 3. The summed E-state index contributed by atoms with van der Waals surface area (Å²) in [4.78, 5) is 30.5. The molecule has 0 atom stereocenters. The average molecular weight is 313 g/mol. The number of likely N-dealkylation sites (tertiary alicyclic amines) is 1. The second kappa shape index (κ2) is 5.49. The molecule has 0 radical (unpaired) electrons. The van der Waals surface area contributed by atoms with Crippen LogP contribution in [-0.4, -0.2) is 38.5 Å². The van der Waals surface area contributed by atoms with E-state index >= 15 is 0 Å². The number of hydrogen-bond acceptors (Lipinski definition) is 5. The highest BCUT2D eigenvalue weighted by molar-refractivity contribution is 7.16. The van der Waals surface area contributed by atoms with Gasteiger partial charge in [-0.05, 0) is 12.8 Å². The Bertz CT molecular complexity index is 705. The zero-order chi connectivity index (χ0) is 14.1. The predicted octanol–water partition coefficient (Wildman–Crippen LogP) is 1.05. The Kier molecular flexibility index (Phi) is 3.71. The van der Waals surface area contributed by atoms with E-state index in [-0.39, 0.29) is 23.8 Å². The van der Waals surface area contributed by atoms with Crippen molar-refractivity contribution in [1.82, 2.24) is 19.5 Å². The lowest BCUT2D eigenvalue weighted by Crippen LogP contribution is -2.29. The van der Waals surface area contributed by atoms with Crippen LogP contribution in [0.5, 0.6) is 0 Å². The van der Waals surface area contributed by atoms with Gasteiger partial charge in [-0.1, -0.05) is 11.3 Å². The highest BCUT2D eigenvalue weighted by Gasteiger charge is 2.20. The lowest BCUT2D eigenvalue weighted by molar-refractivity contribution is -0.129. The molecule has 20 heavy (non-hydrogen) atoms. The van der Waals surface area contributed by atoms with Crippen LogP contribution in [0.25, 0.3) is 4.96 Å². The van der Waals surface area contributed by atoms with Gasteiger partial charge in [0.2, 0.25) is 10.9 Å². The molecule has 0 aromatic carbocycles. The Morgan fingerprint density at radius 1 is 1.40 bits per heavy atom. The lowest BCUT2D eigenvalue weighted by atomic mass is 10.4. The fourth-order valence-electron chi connectivity index (χ4n) is 2.24. The SMILES string of the molecule is O=C(Cc1nn2c(=O)cc(CCl)nc2s1)N1CCCC1. The van der Waals surface area contributed by atoms with Crippen molar-refractivity contribution in [1.29, 1.82) is 0 Å². The smallest absolute Gasteiger partial charge is 0.275 e. The van der Waals surface area contributed by atoms with Gasteiger partial charge < -0.3 is 4.90 Å². The summed E-state index contributed by atoms with van der Waals surface area (Å²) >= 11 is 6.95. The Morgan fingerprint density at radius 3 is 2.85 bits per heavy atom. The molecule has 0 bridgehead atoms. The topological polar surface area (TPSA) is 67.6 Å². The van der Waals surface area contributed by atoms with Crippen LogP contribution < -0.4 is 5.56 Å². The lowest BCUT2D eigenvalue weighted by Gasteiger charge is -2.13. The largest absolute Gasteiger partial charge is 0.342 e. The van der Waals surface area contributed by atoms with Gasteiger partial charge in [0.25, 0.3) is 5.56 Å². The highest BCUT2D eigenvalue weighted by atomic mass is 35.5. The number of hydrogen-bond donors (Lipinski definition) is 0. The number of halogens is 1. The molecule has 8 heteroatoms. The number of alkyl halides is 1. The summed E-state index contributed by atoms with van der Waals surface area (Å²) in [7, 11) is 0. The van der Waals surface area contributed by atoms with Gasteiger partial charge in [0.1, 0.15) is 5.01 Å². The van der Waals surface area contributed by atoms with E-state index in [0.717, 1.165) is 25.9 Å². The summed E-state index contributed by atoms with van der Waals surface area (Å²) < 4.78 is 1.23. The third-order valence-electron chi connectivity index (χ3n) is 3.24. The van der Waals surface area contributed by atoms with Crippen LogP contribution in [0, 0.1) is 0 Å². The molecule has 0 spiro atoms. The van der Waals surface area contributed by atoms with Gasteiger partial charge in [-0.3, -0.25) is 9.59 Å². The maximum atomic E-state index is 12.1. The minimum Gasteiger partial charge on any atom is -0.342 e. The molecule has 6 nitrogen and oxygen atoms in total. The van der Waals surface area contributed by atoms with E-state index in [1.165, 1.54) is 21.9 Å². The Hall–Kier alpha value is -1.47. The average Bonchev–Trinajstić information content (AvgIpc) is 3.06. The molecule has 3 heterocycles. The summed E-state index contributed by atoms with van der Waals surface area (Å²) in [5.74, 6) is 0.248. The Labute approximate surface area is 124 Å². The van der Waals surface area contributed by atoms with E-state index in [9.17, 15) is 9.59 Å². The molecule has 1 aliphatic rings. The molecule has 0 aliphatic carbocycles. The van der Waals surface area contributed by atoms with E-state index in [4.69, 9.17) is 11.6 Å². The quantitative estimate of drug-likeness (QED) is 0.795. The molecular weight excluding hydrogens is 300 g/mol. The van der Waals surface area contributed by atoms with Crippen LogP contribution in [0.15, 0.2) is 10.9 Å². The van der Waals surface area contributed by atoms with Gasteiger partial charge in [-0.2, -0.15) is 9.61 Å². The van der Waals surface area contributed by atoms with Gasteiger partial charge in [0, 0.05) is 19.2 Å². The summed E-state index contributed by atoms with van der Waals surface area (Å²) in [6.45, 7) is 1.64. The molecule has 1 amide bonds. The summed E-state index contributed by atoms with van der Waals surface area (Å²) in [6, 6.07) is 1.37. The number of amides is 1. The second-order valence-corrected chi connectivity index (χ2v) is 5.98. The number of nitrogens with zero attached hydrogens (tertiary/aromatic N) is 4. The third kappa shape index (κ3) is 2.55. The standard InChI is InChI=1S/C12H13ClN4O2S/c13-7-8-5-11(19)17-12(14-8)20-9(15-17)6-10(18)16-3-1-2-4-16/h5H,1-4,6-7H2. The summed E-state index contributed by atoms with van der Waals surface area (Å²) in [5, 5.41) is 4.78. The zero-order valence-electron chi connectivity index (χ0n) is 10.7. The first-order valence-electron chi connectivity index (χ1n) is 6.40. The van der Waals surface area contributed by atoms with Crippen LogP contribution >= 0.6 is 22.9 Å². The molecule has 106 valence electrons. The Morgan fingerprint density at radius 2 is 2.15 bits per heavy atom. The molecule has 2 aromatic heterocycles. The molecule has 1 fully saturated rings. The summed E-state index contributed by atoms with van der Waals surface area (Å²) in [6.07, 6.45) is 2.35. The van der Waals surface area contributed by atoms with Crippen molar-refractivity contribution in [3.63, 3.8) is 0 Å². The number of fused-ring (bicyclic) bond motifs is 1. The molecule has 2 aromatic rings. The van der Waals surface area contributed by atoms with Crippen LogP contribution in [0.3, 0.4) is 0 Å². The van der Waals surface area contributed by atoms with Gasteiger partial charge in [0.15, 0.2) is 0 Å². The van der Waals surface area contributed by atoms with Gasteiger partial charge >= 0.3 is 0 Å². The number of carbonyl (C=O) groups excluding carboxylic acids is 1. The minimum absolute atomic E-state index is 0.0622. The van der Waals surface area contributed by atoms with Crippen molar-refractivity contribution >= 4 is 33.8 Å². The molecular formula is C12H13ClN4O2S. The maximum absolute atomic E-state index is 12.1. The van der Waals surface area contributed by atoms with Crippen molar-refractivity contribution in [2.24, 2.45) is 0 Å². The molecule has 1 saturated heterocycles. The molecule has 3 rings (SSSR count). The van der Waals surface area contributed by atoms with E-state index in [2.05, 4.69) is 10.1 Å².